The lowest BCUT2D eigenvalue weighted by molar-refractivity contribution is -0.117. The van der Waals surface area contributed by atoms with Crippen LogP contribution in [0.2, 0.25) is 0 Å². The van der Waals surface area contributed by atoms with Crippen LogP contribution in [-0.4, -0.2) is 22.4 Å². The minimum absolute atomic E-state index is 0.0602. The first-order valence-electron chi connectivity index (χ1n) is 10.3. The number of ether oxygens (including phenoxy) is 2. The fourth-order valence-corrected chi connectivity index (χ4v) is 3.96. The minimum atomic E-state index is -0.546. The third kappa shape index (κ3) is 3.65. The first-order valence-corrected chi connectivity index (χ1v) is 10.3. The fraction of sp³-hybridized carbons (Fsp3) is 0.120. The molecule has 1 aromatic heterocycles. The maximum Gasteiger partial charge on any atom is 0.278 e. The van der Waals surface area contributed by atoms with Crippen molar-refractivity contribution >= 4 is 11.6 Å². The van der Waals surface area contributed by atoms with E-state index in [9.17, 15) is 14.0 Å². The van der Waals surface area contributed by atoms with Gasteiger partial charge in [-0.15, -0.1) is 0 Å². The van der Waals surface area contributed by atoms with Crippen LogP contribution in [0.25, 0.3) is 5.69 Å². The van der Waals surface area contributed by atoms with Gasteiger partial charge in [0, 0.05) is 12.0 Å². The molecular formula is C25H20FN3O4. The van der Waals surface area contributed by atoms with Gasteiger partial charge in [0.1, 0.15) is 12.4 Å². The molecule has 3 aromatic carbocycles. The normalized spacial score (nSPS) is 11.8. The maximum atomic E-state index is 14.0. The summed E-state index contributed by atoms with van der Waals surface area (Å²) in [6.07, 6.45) is 0.329. The number of halogens is 1. The average Bonchev–Trinajstić information content (AvgIpc) is 3.09. The Kier molecular flexibility index (Phi) is 5.18. The van der Waals surface area contributed by atoms with Crippen LogP contribution in [0.1, 0.15) is 11.1 Å². The molecule has 4 aromatic rings. The van der Waals surface area contributed by atoms with Gasteiger partial charge in [-0.05, 0) is 30.3 Å². The smallest absolute Gasteiger partial charge is 0.278 e. The number of amides is 1. The number of hydrogen-bond acceptors (Lipinski definition) is 4. The van der Waals surface area contributed by atoms with Crippen LogP contribution in [0.5, 0.6) is 17.4 Å². The van der Waals surface area contributed by atoms with Gasteiger partial charge in [0.05, 0.1) is 24.0 Å². The number of fused-ring (bicyclic) bond motifs is 2. The van der Waals surface area contributed by atoms with Crippen molar-refractivity contribution < 1.29 is 18.7 Å². The summed E-state index contributed by atoms with van der Waals surface area (Å²) in [6.45, 7) is -0.266. The van der Waals surface area contributed by atoms with Gasteiger partial charge in [0.15, 0.2) is 11.5 Å². The molecule has 0 aliphatic carbocycles. The standard InChI is InChI=1S/C25H20FN3O4/c1-32-21-13-7-8-16-14-18-24(31)29(17-9-3-2-4-10-17)28(25(18)33-23(16)21)15-22(30)27-20-12-6-5-11-19(20)26/h2-13H,14-15H2,1H3,(H,27,30). The van der Waals surface area contributed by atoms with Crippen LogP contribution in [0.15, 0.2) is 77.6 Å². The molecule has 7 nitrogen and oxygen atoms in total. The van der Waals surface area contributed by atoms with E-state index in [0.717, 1.165) is 5.56 Å². The van der Waals surface area contributed by atoms with E-state index in [1.165, 1.54) is 21.5 Å². The Labute approximate surface area is 188 Å². The van der Waals surface area contributed by atoms with Crippen LogP contribution in [-0.2, 0) is 17.8 Å². The van der Waals surface area contributed by atoms with E-state index in [1.807, 2.05) is 18.2 Å². The molecule has 0 unspecified atom stereocenters. The molecule has 0 atom stereocenters. The van der Waals surface area contributed by atoms with Gasteiger partial charge in [0.25, 0.3) is 5.56 Å². The van der Waals surface area contributed by atoms with Crippen molar-refractivity contribution in [1.82, 2.24) is 9.36 Å². The molecule has 0 radical (unpaired) electrons. The number of para-hydroxylation sites is 3. The first kappa shape index (κ1) is 20.6. The summed E-state index contributed by atoms with van der Waals surface area (Å²) in [5.74, 6) is 0.235. The van der Waals surface area contributed by atoms with Gasteiger partial charge in [0.2, 0.25) is 11.8 Å². The summed E-state index contributed by atoms with van der Waals surface area (Å²) in [4.78, 5) is 26.3. The summed E-state index contributed by atoms with van der Waals surface area (Å²) >= 11 is 0. The predicted octanol–water partition coefficient (Wildman–Crippen LogP) is 4.12. The van der Waals surface area contributed by atoms with Crippen LogP contribution in [0, 0.1) is 5.82 Å². The zero-order valence-electron chi connectivity index (χ0n) is 17.7. The maximum absolute atomic E-state index is 14.0. The Morgan fingerprint density at radius 3 is 2.58 bits per heavy atom. The lowest BCUT2D eigenvalue weighted by Gasteiger charge is -2.21. The van der Waals surface area contributed by atoms with E-state index in [2.05, 4.69) is 5.32 Å². The van der Waals surface area contributed by atoms with E-state index < -0.39 is 11.7 Å². The van der Waals surface area contributed by atoms with Crippen LogP contribution >= 0.6 is 0 Å². The molecule has 0 spiro atoms. The van der Waals surface area contributed by atoms with Crippen molar-refractivity contribution in [3.63, 3.8) is 0 Å². The Hall–Kier alpha value is -4.33. The SMILES string of the molecule is COc1cccc2c1Oc1c(c(=O)n(-c3ccccc3)n1CC(=O)Nc1ccccc1F)C2. The van der Waals surface area contributed by atoms with Gasteiger partial charge in [-0.25, -0.2) is 13.8 Å². The lowest BCUT2D eigenvalue weighted by atomic mass is 10.0. The second-order valence-electron chi connectivity index (χ2n) is 7.55. The van der Waals surface area contributed by atoms with E-state index in [1.54, 1.807) is 49.6 Å². The summed E-state index contributed by atoms with van der Waals surface area (Å²) in [6, 6.07) is 20.4. The van der Waals surface area contributed by atoms with E-state index >= 15 is 0 Å². The molecule has 8 heteroatoms. The second-order valence-corrected chi connectivity index (χ2v) is 7.55. The quantitative estimate of drug-likeness (QED) is 0.442. The topological polar surface area (TPSA) is 74.5 Å². The lowest BCUT2D eigenvalue weighted by Crippen LogP contribution is -2.27. The molecule has 2 heterocycles. The minimum Gasteiger partial charge on any atom is -0.493 e. The molecule has 5 rings (SSSR count). The number of nitrogens with zero attached hydrogens (tertiary/aromatic N) is 2. The highest BCUT2D eigenvalue weighted by Crippen LogP contribution is 2.41. The fourth-order valence-electron chi connectivity index (χ4n) is 3.96. The van der Waals surface area contributed by atoms with E-state index in [4.69, 9.17) is 9.47 Å². The first-order chi connectivity index (χ1) is 16.1. The van der Waals surface area contributed by atoms with Crippen molar-refractivity contribution in [3.05, 3.63) is 100 Å². The van der Waals surface area contributed by atoms with Crippen molar-refractivity contribution in [1.29, 1.82) is 0 Å². The summed E-state index contributed by atoms with van der Waals surface area (Å²) < 4.78 is 28.5. The molecule has 0 saturated carbocycles. The number of anilines is 1. The number of methoxy groups -OCH3 is 1. The van der Waals surface area contributed by atoms with Crippen molar-refractivity contribution in [2.75, 3.05) is 12.4 Å². The van der Waals surface area contributed by atoms with Gasteiger partial charge >= 0.3 is 0 Å². The average molecular weight is 445 g/mol. The molecule has 1 N–H and O–H groups in total. The number of benzene rings is 3. The van der Waals surface area contributed by atoms with E-state index in [-0.39, 0.29) is 23.7 Å². The van der Waals surface area contributed by atoms with Crippen LogP contribution in [0.4, 0.5) is 10.1 Å². The van der Waals surface area contributed by atoms with Gasteiger partial charge in [-0.1, -0.05) is 42.5 Å². The molecule has 166 valence electrons. The van der Waals surface area contributed by atoms with Crippen molar-refractivity contribution in [2.24, 2.45) is 0 Å². The molecular weight excluding hydrogens is 425 g/mol. The number of nitrogens with one attached hydrogen (secondary N) is 1. The highest BCUT2D eigenvalue weighted by atomic mass is 19.1. The Balaban J connectivity index is 1.60. The third-order valence-corrected chi connectivity index (χ3v) is 5.47. The summed E-state index contributed by atoms with van der Waals surface area (Å²) in [7, 11) is 1.54. The Morgan fingerprint density at radius 2 is 1.82 bits per heavy atom. The number of carbonyl (C=O) groups excluding carboxylic acids is 1. The monoisotopic (exact) mass is 445 g/mol. The highest BCUT2D eigenvalue weighted by Gasteiger charge is 2.30. The van der Waals surface area contributed by atoms with Gasteiger partial charge in [-0.3, -0.25) is 9.59 Å². The van der Waals surface area contributed by atoms with E-state index in [0.29, 0.717) is 29.2 Å². The van der Waals surface area contributed by atoms with Crippen LogP contribution in [0.3, 0.4) is 0 Å². The molecule has 1 aliphatic rings. The number of rotatable bonds is 5. The number of carbonyl (C=O) groups is 1. The molecule has 1 amide bonds. The predicted molar refractivity (Wildman–Crippen MR) is 121 cm³/mol. The largest absolute Gasteiger partial charge is 0.493 e. The van der Waals surface area contributed by atoms with Gasteiger partial charge in [-0.2, -0.15) is 0 Å². The molecule has 0 saturated heterocycles. The van der Waals surface area contributed by atoms with Crippen molar-refractivity contribution in [3.8, 4) is 23.1 Å². The zero-order valence-corrected chi connectivity index (χ0v) is 17.7. The van der Waals surface area contributed by atoms with Crippen LogP contribution < -0.4 is 20.3 Å². The second kappa shape index (κ2) is 8.31. The molecule has 0 fully saturated rings. The molecule has 0 bridgehead atoms. The molecule has 1 aliphatic heterocycles. The zero-order chi connectivity index (χ0) is 22.9. The Bertz CT molecular complexity index is 1410. The Morgan fingerprint density at radius 1 is 1.06 bits per heavy atom. The number of hydrogen-bond donors (Lipinski definition) is 1. The summed E-state index contributed by atoms with van der Waals surface area (Å²) in [5, 5.41) is 2.56. The highest BCUT2D eigenvalue weighted by molar-refractivity contribution is 5.90. The third-order valence-electron chi connectivity index (χ3n) is 5.47. The van der Waals surface area contributed by atoms with Gasteiger partial charge < -0.3 is 14.8 Å². The van der Waals surface area contributed by atoms with Crippen molar-refractivity contribution in [2.45, 2.75) is 13.0 Å². The number of aromatic nitrogens is 2. The summed E-state index contributed by atoms with van der Waals surface area (Å²) in [5.41, 5.74) is 1.59. The molecule has 33 heavy (non-hydrogen) atoms.